The molecule has 1 aliphatic rings. The standard InChI is InChI=1S/C14H22N.C9H13.2CH3.2ClH.Si.Zr/c1-13(2,3)10-7-8-11(12(15)9-10)14(4,5)6;1-9(2,3)8-6-4-5-7-8;;;;;;/h7-9,15H,1-6H3;4,6H,5H2,1-3H3;2*1H3;2*1H;;/q4*-1;;;;. The zero-order valence-corrected chi connectivity index (χ0v) is 26.0. The Morgan fingerprint density at radius 1 is 0.833 bits per heavy atom. The van der Waals surface area contributed by atoms with E-state index in [1.165, 1.54) is 34.5 Å². The molecule has 0 amide bonds. The fraction of sp³-hybridized carbons (Fsp3) is 0.520. The summed E-state index contributed by atoms with van der Waals surface area (Å²) in [6.07, 6.45) is 8.63. The Bertz CT molecular complexity index is 649. The molecule has 5 heteroatoms. The summed E-state index contributed by atoms with van der Waals surface area (Å²) < 4.78 is 0. The first kappa shape index (κ1) is 40.5. The molecule has 0 spiro atoms. The van der Waals surface area contributed by atoms with E-state index in [0.717, 1.165) is 12.0 Å². The molecule has 0 bridgehead atoms. The molecule has 30 heavy (non-hydrogen) atoms. The van der Waals surface area contributed by atoms with Gasteiger partial charge in [-0.3, -0.25) is 6.08 Å². The van der Waals surface area contributed by atoms with Crippen molar-refractivity contribution in [3.8, 4) is 0 Å². The third kappa shape index (κ3) is 14.3. The topological polar surface area (TPSA) is 23.8 Å². The van der Waals surface area contributed by atoms with Gasteiger partial charge < -0.3 is 20.6 Å². The van der Waals surface area contributed by atoms with Crippen molar-refractivity contribution < 1.29 is 23.3 Å². The molecule has 0 aromatic heterocycles. The minimum atomic E-state index is 0. The van der Waals surface area contributed by atoms with Crippen molar-refractivity contribution in [3.63, 3.8) is 0 Å². The van der Waals surface area contributed by atoms with Gasteiger partial charge in [0.15, 0.2) is 0 Å². The first-order chi connectivity index (χ1) is 11.7. The molecule has 1 aromatic rings. The van der Waals surface area contributed by atoms with Gasteiger partial charge in [-0.05, 0) is 21.8 Å². The molecule has 0 saturated heterocycles. The quantitative estimate of drug-likeness (QED) is 0.229. The van der Waals surface area contributed by atoms with Crippen LogP contribution in [0.25, 0.3) is 5.73 Å². The molecular weight excluding hydrogens is 504 g/mol. The second-order valence-corrected chi connectivity index (χ2v) is 9.71. The second kappa shape index (κ2) is 16.8. The van der Waals surface area contributed by atoms with E-state index in [2.05, 4.69) is 99.6 Å². The van der Waals surface area contributed by atoms with Crippen LogP contribution in [0.3, 0.4) is 0 Å². The molecule has 2 rings (SSSR count). The normalized spacial score (nSPS) is 12.1. The van der Waals surface area contributed by atoms with E-state index in [1.807, 2.05) is 6.07 Å². The van der Waals surface area contributed by atoms with Crippen molar-refractivity contribution in [2.24, 2.45) is 5.41 Å². The van der Waals surface area contributed by atoms with E-state index in [0.29, 0.717) is 11.1 Å². The van der Waals surface area contributed by atoms with Crippen LogP contribution >= 0.6 is 24.8 Å². The van der Waals surface area contributed by atoms with Crippen LogP contribution in [0.15, 0.2) is 35.9 Å². The van der Waals surface area contributed by atoms with Gasteiger partial charge >= 0.3 is 30.2 Å². The van der Waals surface area contributed by atoms with Gasteiger partial charge in [0.25, 0.3) is 0 Å². The van der Waals surface area contributed by atoms with Crippen LogP contribution in [0.1, 0.15) is 79.9 Å². The number of halogens is 2. The maximum atomic E-state index is 8.05. The maximum absolute atomic E-state index is 8.05. The Hall–Kier alpha value is 0.180. The summed E-state index contributed by atoms with van der Waals surface area (Å²) in [5.41, 5.74) is 12.9. The monoisotopic (exact) mass is 545 g/mol. The van der Waals surface area contributed by atoms with E-state index in [9.17, 15) is 0 Å². The molecule has 1 N–H and O–H groups in total. The van der Waals surface area contributed by atoms with Crippen molar-refractivity contribution in [3.05, 3.63) is 73.7 Å². The number of hydrogen-bond donors (Lipinski definition) is 0. The Balaban J connectivity index is -0.000000122. The van der Waals surface area contributed by atoms with Crippen molar-refractivity contribution in [1.29, 1.82) is 0 Å². The van der Waals surface area contributed by atoms with Crippen molar-refractivity contribution in [2.45, 2.75) is 79.6 Å². The van der Waals surface area contributed by atoms with E-state index in [1.54, 1.807) is 0 Å². The van der Waals surface area contributed by atoms with Gasteiger partial charge in [-0.15, -0.1) is 36.9 Å². The molecule has 0 atom stereocenters. The van der Waals surface area contributed by atoms with Gasteiger partial charge in [0.2, 0.25) is 0 Å². The van der Waals surface area contributed by atoms with Gasteiger partial charge in [0.1, 0.15) is 0 Å². The molecular formula is C25H43Cl2NSiZr-4. The van der Waals surface area contributed by atoms with Crippen molar-refractivity contribution in [2.75, 3.05) is 0 Å². The molecule has 0 unspecified atom stereocenters. The number of rotatable bonds is 0. The number of nitrogens with one attached hydrogen (secondary N) is 1. The Kier molecular flexibility index (Phi) is 22.6. The van der Waals surface area contributed by atoms with Crippen LogP contribution in [0.4, 0.5) is 5.69 Å². The van der Waals surface area contributed by atoms with Crippen LogP contribution in [-0.2, 0) is 34.2 Å². The molecule has 0 aliphatic heterocycles. The summed E-state index contributed by atoms with van der Waals surface area (Å²) in [6, 6.07) is 6.25. The van der Waals surface area contributed by atoms with Crippen LogP contribution in [0.5, 0.6) is 0 Å². The van der Waals surface area contributed by atoms with Crippen LogP contribution in [0.2, 0.25) is 0 Å². The molecule has 1 nitrogen and oxygen atoms in total. The Morgan fingerprint density at radius 2 is 1.30 bits per heavy atom. The molecule has 2 radical (unpaired) electrons. The van der Waals surface area contributed by atoms with Crippen LogP contribution in [-0.4, -0.2) is 6.88 Å². The summed E-state index contributed by atoms with van der Waals surface area (Å²) in [6.45, 7) is 22.7. The van der Waals surface area contributed by atoms with Crippen LogP contribution < -0.4 is 0 Å². The van der Waals surface area contributed by atoms with E-state index in [-0.39, 0.29) is 50.5 Å². The number of benzene rings is 1. The van der Waals surface area contributed by atoms with E-state index in [4.69, 9.17) is 5.73 Å². The first-order valence-corrected chi connectivity index (χ1v) is 13.3. The first-order valence-electron chi connectivity index (χ1n) is 9.12. The summed E-state index contributed by atoms with van der Waals surface area (Å²) in [4.78, 5) is 0. The molecule has 174 valence electrons. The summed E-state index contributed by atoms with van der Waals surface area (Å²) in [5, 5.41) is 0. The predicted molar refractivity (Wildman–Crippen MR) is 141 cm³/mol. The van der Waals surface area contributed by atoms with Gasteiger partial charge in [0.05, 0.1) is 0 Å². The third-order valence-electron chi connectivity index (χ3n) is 4.20. The zero-order chi connectivity index (χ0) is 20.8. The molecule has 1 aliphatic carbocycles. The van der Waals surface area contributed by atoms with Gasteiger partial charge in [0, 0.05) is 0 Å². The van der Waals surface area contributed by atoms with Crippen molar-refractivity contribution in [1.82, 2.24) is 0 Å². The van der Waals surface area contributed by atoms with Crippen LogP contribution in [0, 0.1) is 26.3 Å². The SMILES string of the molecule is CC(C)(C)C1=[C-]CC=C1.CC(C)(C)c1ccc(C(C)(C)C)c([NH-])c1.Cl.Cl.[CH3-].[CH3-].[Si]=[Zr]. The average Bonchev–Trinajstić information content (AvgIpc) is 3.02. The summed E-state index contributed by atoms with van der Waals surface area (Å²) in [5.74, 6) is 0. The Morgan fingerprint density at radius 3 is 1.53 bits per heavy atom. The van der Waals surface area contributed by atoms with Gasteiger partial charge in [-0.1, -0.05) is 86.1 Å². The molecule has 0 saturated carbocycles. The van der Waals surface area contributed by atoms with E-state index < -0.39 is 0 Å². The summed E-state index contributed by atoms with van der Waals surface area (Å²) >= 11 is 1.36. The number of hydrogen-bond acceptors (Lipinski definition) is 0. The predicted octanol–water partition coefficient (Wildman–Crippen LogP) is 9.05. The van der Waals surface area contributed by atoms with Gasteiger partial charge in [-0.2, -0.15) is 6.08 Å². The van der Waals surface area contributed by atoms with Gasteiger partial charge in [-0.25, -0.2) is 11.6 Å². The Labute approximate surface area is 218 Å². The van der Waals surface area contributed by atoms with E-state index >= 15 is 0 Å². The molecule has 1 aromatic carbocycles. The fourth-order valence-electron chi connectivity index (χ4n) is 2.58. The molecule has 0 heterocycles. The third-order valence-corrected chi connectivity index (χ3v) is 4.20. The number of allylic oxidation sites excluding steroid dienone is 4. The second-order valence-electron chi connectivity index (χ2n) is 9.71. The van der Waals surface area contributed by atoms with Crippen molar-refractivity contribution >= 4 is 37.4 Å². The minimum absolute atomic E-state index is 0. The fourth-order valence-corrected chi connectivity index (χ4v) is 2.58. The average molecular weight is 548 g/mol. The zero-order valence-electron chi connectivity index (χ0n) is 20.9. The molecule has 0 fully saturated rings. The summed E-state index contributed by atoms with van der Waals surface area (Å²) in [7, 11) is 0.